The second kappa shape index (κ2) is 6.98. The van der Waals surface area contributed by atoms with Gasteiger partial charge >= 0.3 is 0 Å². The van der Waals surface area contributed by atoms with Crippen molar-refractivity contribution in [2.45, 2.75) is 0 Å². The Balaban J connectivity index is 1.77. The molecule has 4 nitrogen and oxygen atoms in total. The molecular formula is C17H12ClFN2O2S. The molecule has 0 radical (unpaired) electrons. The van der Waals surface area contributed by atoms with Crippen LogP contribution in [0, 0.1) is 5.82 Å². The maximum absolute atomic E-state index is 13.8. The van der Waals surface area contributed by atoms with Crippen molar-refractivity contribution in [2.24, 2.45) is 0 Å². The van der Waals surface area contributed by atoms with Gasteiger partial charge in [-0.15, -0.1) is 11.3 Å². The monoisotopic (exact) mass is 362 g/mol. The summed E-state index contributed by atoms with van der Waals surface area (Å²) in [5.74, 6) is -0.575. The van der Waals surface area contributed by atoms with Gasteiger partial charge in [-0.1, -0.05) is 11.6 Å². The zero-order valence-corrected chi connectivity index (χ0v) is 14.1. The van der Waals surface area contributed by atoms with Crippen molar-refractivity contribution in [1.29, 1.82) is 0 Å². The van der Waals surface area contributed by atoms with Gasteiger partial charge in [0.05, 0.1) is 12.8 Å². The van der Waals surface area contributed by atoms with E-state index in [2.05, 4.69) is 10.3 Å². The molecule has 24 heavy (non-hydrogen) atoms. The minimum atomic E-state index is -0.463. The first-order chi connectivity index (χ1) is 11.6. The average Bonchev–Trinajstić information content (AvgIpc) is 3.04. The van der Waals surface area contributed by atoms with Gasteiger partial charge in [0.25, 0.3) is 5.91 Å². The summed E-state index contributed by atoms with van der Waals surface area (Å²) in [4.78, 5) is 16.5. The summed E-state index contributed by atoms with van der Waals surface area (Å²) in [6.07, 6.45) is 0. The molecule has 0 aliphatic carbocycles. The molecule has 0 unspecified atom stereocenters. The largest absolute Gasteiger partial charge is 0.494 e. The Morgan fingerprint density at radius 3 is 2.67 bits per heavy atom. The molecule has 0 atom stereocenters. The molecule has 3 aromatic rings. The van der Waals surface area contributed by atoms with E-state index in [1.807, 2.05) is 0 Å². The van der Waals surface area contributed by atoms with Crippen LogP contribution in [0.3, 0.4) is 0 Å². The summed E-state index contributed by atoms with van der Waals surface area (Å²) in [7, 11) is 1.41. The number of amides is 1. The van der Waals surface area contributed by atoms with Crippen LogP contribution in [0.2, 0.25) is 5.02 Å². The lowest BCUT2D eigenvalue weighted by Gasteiger charge is -2.03. The third-order valence-corrected chi connectivity index (χ3v) is 4.29. The zero-order valence-electron chi connectivity index (χ0n) is 12.5. The summed E-state index contributed by atoms with van der Waals surface area (Å²) < 4.78 is 18.7. The lowest BCUT2D eigenvalue weighted by molar-refractivity contribution is 0.102. The van der Waals surface area contributed by atoms with Gasteiger partial charge in [0.2, 0.25) is 0 Å². The van der Waals surface area contributed by atoms with E-state index in [-0.39, 0.29) is 11.7 Å². The highest BCUT2D eigenvalue weighted by Gasteiger charge is 2.11. The summed E-state index contributed by atoms with van der Waals surface area (Å²) in [6.45, 7) is 0. The number of halogens is 2. The van der Waals surface area contributed by atoms with Crippen LogP contribution in [0.1, 0.15) is 10.4 Å². The molecule has 0 saturated carbocycles. The number of carbonyl (C=O) groups is 1. The van der Waals surface area contributed by atoms with Crippen molar-refractivity contribution in [3.63, 3.8) is 0 Å². The Kier molecular flexibility index (Phi) is 4.78. The number of anilines is 1. The Labute approximate surface area is 146 Å². The SMILES string of the molecule is COc1ccc(-c2csc(NC(=O)c3ccc(Cl)cc3)n2)cc1F. The van der Waals surface area contributed by atoms with E-state index < -0.39 is 5.82 Å². The van der Waals surface area contributed by atoms with Crippen LogP contribution in [-0.2, 0) is 0 Å². The fraction of sp³-hybridized carbons (Fsp3) is 0.0588. The molecule has 2 aromatic carbocycles. The number of benzene rings is 2. The van der Waals surface area contributed by atoms with Gasteiger partial charge in [0, 0.05) is 21.5 Å². The molecule has 0 bridgehead atoms. The Hall–Kier alpha value is -2.44. The van der Waals surface area contributed by atoms with Gasteiger partial charge in [0.15, 0.2) is 16.7 Å². The van der Waals surface area contributed by atoms with Crippen molar-refractivity contribution in [1.82, 2.24) is 4.98 Å². The highest BCUT2D eigenvalue weighted by atomic mass is 35.5. The minimum Gasteiger partial charge on any atom is -0.494 e. The molecule has 3 rings (SSSR count). The first-order valence-electron chi connectivity index (χ1n) is 6.93. The van der Waals surface area contributed by atoms with Crippen molar-refractivity contribution in [3.05, 3.63) is 64.2 Å². The molecule has 122 valence electrons. The quantitative estimate of drug-likeness (QED) is 0.720. The number of ether oxygens (including phenoxy) is 1. The Bertz CT molecular complexity index is 881. The molecule has 0 aliphatic rings. The van der Waals surface area contributed by atoms with Crippen LogP contribution in [0.5, 0.6) is 5.75 Å². The van der Waals surface area contributed by atoms with Gasteiger partial charge < -0.3 is 4.74 Å². The third kappa shape index (κ3) is 3.55. The van der Waals surface area contributed by atoms with Gasteiger partial charge in [-0.05, 0) is 42.5 Å². The molecule has 0 spiro atoms. The molecule has 7 heteroatoms. The van der Waals surface area contributed by atoms with E-state index >= 15 is 0 Å². The lowest BCUT2D eigenvalue weighted by Crippen LogP contribution is -2.11. The topological polar surface area (TPSA) is 51.2 Å². The fourth-order valence-electron chi connectivity index (χ4n) is 2.06. The summed E-state index contributed by atoms with van der Waals surface area (Å²) in [5.41, 5.74) is 1.66. The van der Waals surface area contributed by atoms with Crippen molar-refractivity contribution >= 4 is 34.0 Å². The number of carbonyl (C=O) groups excluding carboxylic acids is 1. The van der Waals surface area contributed by atoms with Gasteiger partial charge in [0.1, 0.15) is 0 Å². The molecule has 1 aromatic heterocycles. The van der Waals surface area contributed by atoms with Crippen molar-refractivity contribution in [2.75, 3.05) is 12.4 Å². The van der Waals surface area contributed by atoms with Crippen LogP contribution >= 0.6 is 22.9 Å². The maximum atomic E-state index is 13.8. The molecule has 0 saturated heterocycles. The predicted molar refractivity (Wildman–Crippen MR) is 93.5 cm³/mol. The van der Waals surface area contributed by atoms with Crippen LogP contribution < -0.4 is 10.1 Å². The normalized spacial score (nSPS) is 10.5. The van der Waals surface area contributed by atoms with E-state index in [0.29, 0.717) is 27.0 Å². The lowest BCUT2D eigenvalue weighted by atomic mass is 10.1. The van der Waals surface area contributed by atoms with Crippen LogP contribution in [0.25, 0.3) is 11.3 Å². The Morgan fingerprint density at radius 1 is 1.25 bits per heavy atom. The highest BCUT2D eigenvalue weighted by molar-refractivity contribution is 7.14. The number of rotatable bonds is 4. The standard InChI is InChI=1S/C17H12ClFN2O2S/c1-23-15-7-4-11(8-13(15)19)14-9-24-17(20-14)21-16(22)10-2-5-12(18)6-3-10/h2-9H,1H3,(H,20,21,22). The first kappa shape index (κ1) is 16.4. The van der Waals surface area contributed by atoms with Crippen molar-refractivity contribution in [3.8, 4) is 17.0 Å². The number of aromatic nitrogens is 1. The van der Waals surface area contributed by atoms with Crippen molar-refractivity contribution < 1.29 is 13.9 Å². The summed E-state index contributed by atoms with van der Waals surface area (Å²) >= 11 is 7.06. The predicted octanol–water partition coefficient (Wildman–Crippen LogP) is 4.86. The number of methoxy groups -OCH3 is 1. The third-order valence-electron chi connectivity index (χ3n) is 3.28. The molecular weight excluding hydrogens is 351 g/mol. The molecule has 1 amide bonds. The van der Waals surface area contributed by atoms with Gasteiger partial charge in [-0.2, -0.15) is 0 Å². The smallest absolute Gasteiger partial charge is 0.257 e. The number of hydrogen-bond acceptors (Lipinski definition) is 4. The number of hydrogen-bond donors (Lipinski definition) is 1. The molecule has 1 N–H and O–H groups in total. The first-order valence-corrected chi connectivity index (χ1v) is 8.19. The van der Waals surface area contributed by atoms with Gasteiger partial charge in [-0.25, -0.2) is 9.37 Å². The second-order valence-electron chi connectivity index (χ2n) is 4.85. The average molecular weight is 363 g/mol. The number of thiazole rings is 1. The van der Waals surface area contributed by atoms with Crippen LogP contribution in [0.15, 0.2) is 47.8 Å². The fourth-order valence-corrected chi connectivity index (χ4v) is 2.90. The van der Waals surface area contributed by atoms with E-state index in [1.54, 1.807) is 35.7 Å². The minimum absolute atomic E-state index is 0.172. The van der Waals surface area contributed by atoms with Crippen LogP contribution in [-0.4, -0.2) is 18.0 Å². The second-order valence-corrected chi connectivity index (χ2v) is 6.14. The molecule has 1 heterocycles. The number of nitrogens with one attached hydrogen (secondary N) is 1. The number of nitrogens with zero attached hydrogens (tertiary/aromatic N) is 1. The van der Waals surface area contributed by atoms with Gasteiger partial charge in [-0.3, -0.25) is 10.1 Å². The van der Waals surface area contributed by atoms with E-state index in [9.17, 15) is 9.18 Å². The van der Waals surface area contributed by atoms with E-state index in [4.69, 9.17) is 16.3 Å². The maximum Gasteiger partial charge on any atom is 0.257 e. The zero-order chi connectivity index (χ0) is 17.1. The molecule has 0 fully saturated rings. The molecule has 0 aliphatic heterocycles. The van der Waals surface area contributed by atoms with Crippen LogP contribution in [0.4, 0.5) is 9.52 Å². The van der Waals surface area contributed by atoms with E-state index in [0.717, 1.165) is 0 Å². The van der Waals surface area contributed by atoms with E-state index in [1.165, 1.54) is 30.6 Å². The summed E-state index contributed by atoms with van der Waals surface area (Å²) in [5, 5.41) is 5.45. The highest BCUT2D eigenvalue weighted by Crippen LogP contribution is 2.28. The summed E-state index contributed by atoms with van der Waals surface area (Å²) in [6, 6.07) is 11.1. The Morgan fingerprint density at radius 2 is 2.00 bits per heavy atom.